The zero-order chi connectivity index (χ0) is 11.0. The van der Waals surface area contributed by atoms with E-state index in [1.165, 1.54) is 4.57 Å². The van der Waals surface area contributed by atoms with Gasteiger partial charge in [0.25, 0.3) is 5.56 Å². The van der Waals surface area contributed by atoms with Gasteiger partial charge < -0.3 is 4.57 Å². The number of carbonyl (C=O) groups is 1. The number of hydrogen-bond acceptors (Lipinski definition) is 2. The number of aryl methyl sites for hydroxylation is 2. The molecule has 0 aliphatic carbocycles. The number of aromatic nitrogens is 1. The summed E-state index contributed by atoms with van der Waals surface area (Å²) in [6.07, 6.45) is 0.629. The number of rotatable bonds is 1. The van der Waals surface area contributed by atoms with Crippen LogP contribution in [-0.2, 0) is 7.05 Å². The summed E-state index contributed by atoms with van der Waals surface area (Å²) in [4.78, 5) is 22.6. The van der Waals surface area contributed by atoms with Crippen molar-refractivity contribution >= 4 is 17.2 Å². The molecule has 76 valence electrons. The monoisotopic (exact) mass is 201 g/mol. The van der Waals surface area contributed by atoms with E-state index in [1.54, 1.807) is 14.0 Å². The van der Waals surface area contributed by atoms with E-state index in [2.05, 4.69) is 0 Å². The van der Waals surface area contributed by atoms with Crippen molar-refractivity contribution in [3.05, 3.63) is 45.7 Å². The first-order chi connectivity index (χ1) is 7.16. The van der Waals surface area contributed by atoms with E-state index in [0.29, 0.717) is 6.29 Å². The lowest BCUT2D eigenvalue weighted by Crippen LogP contribution is -2.22. The smallest absolute Gasteiger partial charge is 0.261 e. The highest BCUT2D eigenvalue weighted by molar-refractivity contribution is 5.90. The zero-order valence-electron chi connectivity index (χ0n) is 8.65. The lowest BCUT2D eigenvalue weighted by atomic mass is 10.1. The Labute approximate surface area is 87.0 Å². The number of nitrogens with zero attached hydrogens (tertiary/aromatic N) is 1. The van der Waals surface area contributed by atoms with Crippen LogP contribution in [0.15, 0.2) is 29.1 Å². The Morgan fingerprint density at radius 2 is 1.93 bits per heavy atom. The second-order valence-corrected chi connectivity index (χ2v) is 3.54. The molecule has 0 aliphatic heterocycles. The molecule has 3 heteroatoms. The molecule has 0 atom stereocenters. The van der Waals surface area contributed by atoms with E-state index in [1.807, 2.05) is 24.3 Å². The minimum atomic E-state index is -0.235. The van der Waals surface area contributed by atoms with Crippen molar-refractivity contribution in [2.45, 2.75) is 6.92 Å². The molecule has 0 N–H and O–H groups in total. The Bertz CT molecular complexity index is 596. The summed E-state index contributed by atoms with van der Waals surface area (Å²) in [7, 11) is 1.68. The molecule has 0 unspecified atom stereocenters. The Morgan fingerprint density at radius 3 is 2.60 bits per heavy atom. The fourth-order valence-corrected chi connectivity index (χ4v) is 1.82. The summed E-state index contributed by atoms with van der Waals surface area (Å²) in [5.41, 5.74) is 1.62. The van der Waals surface area contributed by atoms with Crippen LogP contribution >= 0.6 is 0 Å². The molecular weight excluding hydrogens is 190 g/mol. The van der Waals surface area contributed by atoms with E-state index in [9.17, 15) is 9.59 Å². The molecule has 0 saturated heterocycles. The lowest BCUT2D eigenvalue weighted by molar-refractivity contribution is 0.112. The molecule has 1 aromatic carbocycles. The van der Waals surface area contributed by atoms with Gasteiger partial charge in [0.15, 0.2) is 6.29 Å². The lowest BCUT2D eigenvalue weighted by Gasteiger charge is -2.09. The van der Waals surface area contributed by atoms with Crippen LogP contribution in [0, 0.1) is 6.92 Å². The van der Waals surface area contributed by atoms with Gasteiger partial charge in [0.05, 0.1) is 11.1 Å². The Hall–Kier alpha value is -1.90. The van der Waals surface area contributed by atoms with Crippen molar-refractivity contribution in [3.8, 4) is 0 Å². The topological polar surface area (TPSA) is 39.1 Å². The molecule has 2 rings (SSSR count). The summed E-state index contributed by atoms with van der Waals surface area (Å²) in [6.45, 7) is 1.80. The molecule has 0 amide bonds. The van der Waals surface area contributed by atoms with Crippen LogP contribution in [0.5, 0.6) is 0 Å². The third-order valence-electron chi connectivity index (χ3n) is 2.73. The third-order valence-corrected chi connectivity index (χ3v) is 2.73. The first-order valence-corrected chi connectivity index (χ1v) is 4.70. The highest BCUT2D eigenvalue weighted by Gasteiger charge is 2.10. The molecule has 0 saturated carbocycles. The van der Waals surface area contributed by atoms with Gasteiger partial charge in [0.1, 0.15) is 0 Å². The van der Waals surface area contributed by atoms with Gasteiger partial charge in [-0.2, -0.15) is 0 Å². The molecule has 1 heterocycles. The quantitative estimate of drug-likeness (QED) is 0.658. The van der Waals surface area contributed by atoms with Gasteiger partial charge in [-0.15, -0.1) is 0 Å². The number of hydrogen-bond donors (Lipinski definition) is 0. The number of benzene rings is 1. The summed E-state index contributed by atoms with van der Waals surface area (Å²) < 4.78 is 1.51. The average Bonchev–Trinajstić information content (AvgIpc) is 2.27. The van der Waals surface area contributed by atoms with E-state index in [0.717, 1.165) is 16.5 Å². The maximum Gasteiger partial charge on any atom is 0.261 e. The molecule has 0 aliphatic rings. The number of fused-ring (bicyclic) bond motifs is 1. The van der Waals surface area contributed by atoms with Crippen molar-refractivity contribution in [2.24, 2.45) is 7.05 Å². The molecule has 15 heavy (non-hydrogen) atoms. The first kappa shape index (κ1) is 9.65. The fraction of sp³-hybridized carbons (Fsp3) is 0.167. The molecule has 3 nitrogen and oxygen atoms in total. The van der Waals surface area contributed by atoms with Crippen molar-refractivity contribution in [3.63, 3.8) is 0 Å². The minimum Gasteiger partial charge on any atom is -0.311 e. The number of aldehydes is 1. The van der Waals surface area contributed by atoms with Gasteiger partial charge >= 0.3 is 0 Å². The largest absolute Gasteiger partial charge is 0.311 e. The van der Waals surface area contributed by atoms with Crippen LogP contribution in [0.4, 0.5) is 0 Å². The van der Waals surface area contributed by atoms with Crippen LogP contribution in [-0.4, -0.2) is 10.9 Å². The summed E-state index contributed by atoms with van der Waals surface area (Å²) in [5, 5.41) is 0.946. The fourth-order valence-electron chi connectivity index (χ4n) is 1.82. The Kier molecular flexibility index (Phi) is 2.15. The maximum atomic E-state index is 11.8. The molecule has 0 spiro atoms. The Balaban J connectivity index is 3.09. The maximum absolute atomic E-state index is 11.8. The number of para-hydroxylation sites is 1. The summed E-state index contributed by atoms with van der Waals surface area (Å²) in [5.74, 6) is 0. The predicted molar refractivity (Wildman–Crippen MR) is 59.3 cm³/mol. The number of carbonyl (C=O) groups excluding carboxylic acids is 1. The molecule has 0 bridgehead atoms. The van der Waals surface area contributed by atoms with Crippen molar-refractivity contribution < 1.29 is 4.79 Å². The zero-order valence-corrected chi connectivity index (χ0v) is 8.65. The molecule has 0 radical (unpaired) electrons. The summed E-state index contributed by atoms with van der Waals surface area (Å²) >= 11 is 0. The van der Waals surface area contributed by atoms with Crippen LogP contribution in [0.2, 0.25) is 0 Å². The Morgan fingerprint density at radius 1 is 1.27 bits per heavy atom. The molecule has 0 fully saturated rings. The van der Waals surface area contributed by atoms with Gasteiger partial charge in [0.2, 0.25) is 0 Å². The van der Waals surface area contributed by atoms with Crippen molar-refractivity contribution in [1.29, 1.82) is 0 Å². The highest BCUT2D eigenvalue weighted by Crippen LogP contribution is 2.17. The molecule has 2 aromatic rings. The second kappa shape index (κ2) is 3.35. The van der Waals surface area contributed by atoms with Gasteiger partial charge in [-0.25, -0.2) is 0 Å². The van der Waals surface area contributed by atoms with Gasteiger partial charge in [-0.1, -0.05) is 18.2 Å². The SMILES string of the molecule is Cc1c(C=O)c(=O)n(C)c2ccccc12. The third kappa shape index (κ3) is 1.28. The van der Waals surface area contributed by atoms with Crippen molar-refractivity contribution in [1.82, 2.24) is 4.57 Å². The summed E-state index contributed by atoms with van der Waals surface area (Å²) in [6, 6.07) is 7.56. The van der Waals surface area contributed by atoms with Crippen molar-refractivity contribution in [2.75, 3.05) is 0 Å². The van der Waals surface area contributed by atoms with Gasteiger partial charge in [-0.05, 0) is 18.6 Å². The molecule has 1 aromatic heterocycles. The number of pyridine rings is 1. The average molecular weight is 201 g/mol. The van der Waals surface area contributed by atoms with Crippen LogP contribution in [0.25, 0.3) is 10.9 Å². The van der Waals surface area contributed by atoms with Crippen LogP contribution < -0.4 is 5.56 Å². The molecular formula is C12H11NO2. The standard InChI is InChI=1S/C12H11NO2/c1-8-9-5-3-4-6-11(9)13(2)12(15)10(8)7-14/h3-7H,1-2H3. The second-order valence-electron chi connectivity index (χ2n) is 3.54. The van der Waals surface area contributed by atoms with Gasteiger partial charge in [-0.3, -0.25) is 9.59 Å². The van der Waals surface area contributed by atoms with E-state index in [4.69, 9.17) is 0 Å². The predicted octanol–water partition coefficient (Wildman–Crippen LogP) is 1.66. The normalized spacial score (nSPS) is 10.5. The van der Waals surface area contributed by atoms with E-state index < -0.39 is 0 Å². The first-order valence-electron chi connectivity index (χ1n) is 4.70. The van der Waals surface area contributed by atoms with Crippen LogP contribution in [0.1, 0.15) is 15.9 Å². The van der Waals surface area contributed by atoms with Gasteiger partial charge in [0, 0.05) is 12.4 Å². The minimum absolute atomic E-state index is 0.235. The van der Waals surface area contributed by atoms with E-state index >= 15 is 0 Å². The van der Waals surface area contributed by atoms with Crippen LogP contribution in [0.3, 0.4) is 0 Å². The van der Waals surface area contributed by atoms with E-state index in [-0.39, 0.29) is 11.1 Å². The highest BCUT2D eigenvalue weighted by atomic mass is 16.1.